The van der Waals surface area contributed by atoms with E-state index < -0.39 is 5.60 Å². The summed E-state index contributed by atoms with van der Waals surface area (Å²) in [4.78, 5) is 11.2. The van der Waals surface area contributed by atoms with Crippen molar-refractivity contribution in [1.29, 1.82) is 0 Å². The molecule has 13 heavy (non-hydrogen) atoms. The number of alkyl carbamates (subject to hydrolysis) is 1. The Morgan fingerprint density at radius 3 is 2.69 bits per heavy atom. The van der Waals surface area contributed by atoms with Crippen molar-refractivity contribution in [3.05, 3.63) is 0 Å². The fourth-order valence-electron chi connectivity index (χ4n) is 1.26. The van der Waals surface area contributed by atoms with Crippen LogP contribution in [0.2, 0.25) is 0 Å². The predicted octanol–water partition coefficient (Wildman–Crippen LogP) is 1.22. The minimum Gasteiger partial charge on any atom is -0.444 e. The van der Waals surface area contributed by atoms with E-state index in [0.29, 0.717) is 0 Å². The summed E-state index contributed by atoms with van der Waals surface area (Å²) < 4.78 is 5.11. The molecule has 0 radical (unpaired) electrons. The Morgan fingerprint density at radius 2 is 2.23 bits per heavy atom. The van der Waals surface area contributed by atoms with E-state index >= 15 is 0 Å². The average molecular weight is 186 g/mol. The first-order valence-electron chi connectivity index (χ1n) is 4.70. The summed E-state index contributed by atoms with van der Waals surface area (Å²) in [6.45, 7) is 6.54. The van der Waals surface area contributed by atoms with Gasteiger partial charge in [-0.2, -0.15) is 0 Å². The second-order valence-corrected chi connectivity index (χ2v) is 4.30. The SMILES string of the molecule is CC(C)(C)OC(=O)N[C@@H]1CCCN1. The third-order valence-electron chi connectivity index (χ3n) is 1.75. The quantitative estimate of drug-likeness (QED) is 0.647. The largest absolute Gasteiger partial charge is 0.444 e. The molecule has 0 unspecified atom stereocenters. The van der Waals surface area contributed by atoms with Crippen LogP contribution < -0.4 is 10.6 Å². The van der Waals surface area contributed by atoms with Crippen LogP contribution in [-0.2, 0) is 4.74 Å². The highest BCUT2D eigenvalue weighted by Gasteiger charge is 2.20. The van der Waals surface area contributed by atoms with E-state index in [4.69, 9.17) is 4.74 Å². The summed E-state index contributed by atoms with van der Waals surface area (Å²) in [5.74, 6) is 0. The molecule has 1 aliphatic heterocycles. The summed E-state index contributed by atoms with van der Waals surface area (Å²) in [5.41, 5.74) is -0.414. The molecule has 1 atom stereocenters. The lowest BCUT2D eigenvalue weighted by atomic mass is 10.2. The van der Waals surface area contributed by atoms with Gasteiger partial charge in [-0.15, -0.1) is 0 Å². The highest BCUT2D eigenvalue weighted by Crippen LogP contribution is 2.08. The van der Waals surface area contributed by atoms with Gasteiger partial charge in [-0.25, -0.2) is 4.79 Å². The maximum atomic E-state index is 11.2. The minimum absolute atomic E-state index is 0.0925. The van der Waals surface area contributed by atoms with Gasteiger partial charge < -0.3 is 10.1 Å². The van der Waals surface area contributed by atoms with Crippen molar-refractivity contribution in [1.82, 2.24) is 10.6 Å². The molecule has 4 nitrogen and oxygen atoms in total. The third kappa shape index (κ3) is 4.12. The van der Waals surface area contributed by atoms with E-state index in [0.717, 1.165) is 19.4 Å². The molecule has 0 aliphatic carbocycles. The molecule has 1 saturated heterocycles. The van der Waals surface area contributed by atoms with E-state index in [-0.39, 0.29) is 12.3 Å². The zero-order valence-corrected chi connectivity index (χ0v) is 8.52. The van der Waals surface area contributed by atoms with Gasteiger partial charge in [-0.3, -0.25) is 5.32 Å². The van der Waals surface area contributed by atoms with Crippen LogP contribution in [0.25, 0.3) is 0 Å². The van der Waals surface area contributed by atoms with Crippen molar-refractivity contribution < 1.29 is 9.53 Å². The summed E-state index contributed by atoms with van der Waals surface area (Å²) in [5, 5.41) is 5.92. The number of nitrogens with one attached hydrogen (secondary N) is 2. The Bertz CT molecular complexity index is 181. The normalized spacial score (nSPS) is 22.8. The summed E-state index contributed by atoms with van der Waals surface area (Å²) >= 11 is 0. The Morgan fingerprint density at radius 1 is 1.54 bits per heavy atom. The van der Waals surface area contributed by atoms with Crippen LogP contribution in [0.4, 0.5) is 4.79 Å². The van der Waals surface area contributed by atoms with Crippen LogP contribution in [0.1, 0.15) is 33.6 Å². The summed E-state index contributed by atoms with van der Waals surface area (Å²) in [7, 11) is 0. The van der Waals surface area contributed by atoms with Gasteiger partial charge in [0.2, 0.25) is 0 Å². The molecule has 0 aromatic heterocycles. The second-order valence-electron chi connectivity index (χ2n) is 4.30. The molecule has 1 amide bonds. The Kier molecular flexibility index (Phi) is 3.14. The van der Waals surface area contributed by atoms with Gasteiger partial charge in [0, 0.05) is 0 Å². The van der Waals surface area contributed by atoms with E-state index in [2.05, 4.69) is 10.6 Å². The third-order valence-corrected chi connectivity index (χ3v) is 1.75. The fourth-order valence-corrected chi connectivity index (χ4v) is 1.26. The Labute approximate surface area is 79.0 Å². The zero-order chi connectivity index (χ0) is 9.90. The van der Waals surface area contributed by atoms with Crippen LogP contribution in [0.5, 0.6) is 0 Å². The van der Waals surface area contributed by atoms with Gasteiger partial charge in [-0.1, -0.05) is 0 Å². The number of hydrogen-bond donors (Lipinski definition) is 2. The molecule has 0 aromatic carbocycles. The molecule has 76 valence electrons. The topological polar surface area (TPSA) is 50.4 Å². The highest BCUT2D eigenvalue weighted by atomic mass is 16.6. The molecular weight excluding hydrogens is 168 g/mol. The van der Waals surface area contributed by atoms with E-state index in [1.165, 1.54) is 0 Å². The van der Waals surface area contributed by atoms with Crippen molar-refractivity contribution in [2.45, 2.75) is 45.4 Å². The molecule has 1 fully saturated rings. The first-order chi connectivity index (χ1) is 5.97. The molecule has 1 aliphatic rings. The van der Waals surface area contributed by atoms with Crippen LogP contribution in [0.15, 0.2) is 0 Å². The van der Waals surface area contributed by atoms with Crippen molar-refractivity contribution >= 4 is 6.09 Å². The molecule has 4 heteroatoms. The van der Waals surface area contributed by atoms with E-state index in [1.807, 2.05) is 20.8 Å². The fraction of sp³-hybridized carbons (Fsp3) is 0.889. The van der Waals surface area contributed by atoms with Gasteiger partial charge in [0.1, 0.15) is 5.60 Å². The van der Waals surface area contributed by atoms with Gasteiger partial charge in [0.05, 0.1) is 6.17 Å². The van der Waals surface area contributed by atoms with Gasteiger partial charge in [0.25, 0.3) is 0 Å². The Balaban J connectivity index is 2.24. The maximum absolute atomic E-state index is 11.2. The highest BCUT2D eigenvalue weighted by molar-refractivity contribution is 5.68. The molecule has 0 spiro atoms. The van der Waals surface area contributed by atoms with Crippen LogP contribution in [0, 0.1) is 0 Å². The number of rotatable bonds is 1. The summed E-state index contributed by atoms with van der Waals surface area (Å²) in [6.07, 6.45) is 1.85. The van der Waals surface area contributed by atoms with Gasteiger partial charge in [0.15, 0.2) is 0 Å². The van der Waals surface area contributed by atoms with Crippen molar-refractivity contribution in [2.75, 3.05) is 6.54 Å². The molecule has 2 N–H and O–H groups in total. The monoisotopic (exact) mass is 186 g/mol. The van der Waals surface area contributed by atoms with E-state index in [1.54, 1.807) is 0 Å². The number of ether oxygens (including phenoxy) is 1. The smallest absolute Gasteiger partial charge is 0.408 e. The number of carbonyl (C=O) groups excluding carboxylic acids is 1. The van der Waals surface area contributed by atoms with Crippen LogP contribution >= 0.6 is 0 Å². The van der Waals surface area contributed by atoms with Gasteiger partial charge >= 0.3 is 6.09 Å². The lowest BCUT2D eigenvalue weighted by Gasteiger charge is -2.21. The molecular formula is C9H18N2O2. The minimum atomic E-state index is -0.414. The van der Waals surface area contributed by atoms with Crippen molar-refractivity contribution in [3.8, 4) is 0 Å². The van der Waals surface area contributed by atoms with E-state index in [9.17, 15) is 4.79 Å². The van der Waals surface area contributed by atoms with Crippen LogP contribution in [-0.4, -0.2) is 24.4 Å². The zero-order valence-electron chi connectivity index (χ0n) is 8.52. The van der Waals surface area contributed by atoms with Crippen LogP contribution in [0.3, 0.4) is 0 Å². The average Bonchev–Trinajstić information content (AvgIpc) is 2.34. The maximum Gasteiger partial charge on any atom is 0.408 e. The number of carbonyl (C=O) groups is 1. The lowest BCUT2D eigenvalue weighted by molar-refractivity contribution is 0.0500. The lowest BCUT2D eigenvalue weighted by Crippen LogP contribution is -2.43. The first kappa shape index (κ1) is 10.3. The Hall–Kier alpha value is -0.770. The van der Waals surface area contributed by atoms with Gasteiger partial charge in [-0.05, 0) is 40.2 Å². The molecule has 0 aromatic rings. The first-order valence-corrected chi connectivity index (χ1v) is 4.70. The molecule has 1 heterocycles. The molecule has 1 rings (SSSR count). The number of hydrogen-bond acceptors (Lipinski definition) is 3. The number of amides is 1. The molecule has 0 saturated carbocycles. The summed E-state index contributed by atoms with van der Waals surface area (Å²) in [6, 6.07) is 0. The predicted molar refractivity (Wildman–Crippen MR) is 50.4 cm³/mol. The van der Waals surface area contributed by atoms with Crippen molar-refractivity contribution in [2.24, 2.45) is 0 Å². The molecule has 0 bridgehead atoms. The standard InChI is InChI=1S/C9H18N2O2/c1-9(2,3)13-8(12)11-7-5-4-6-10-7/h7,10H,4-6H2,1-3H3,(H,11,12)/t7-/m1/s1. The van der Waals surface area contributed by atoms with Crippen molar-refractivity contribution in [3.63, 3.8) is 0 Å². The second kappa shape index (κ2) is 3.96.